The smallest absolute Gasteiger partial charge is 0.230 e. The van der Waals surface area contributed by atoms with Gasteiger partial charge in [0.15, 0.2) is 0 Å². The topological polar surface area (TPSA) is 68.1 Å². The van der Waals surface area contributed by atoms with Crippen LogP contribution in [0.25, 0.3) is 0 Å². The van der Waals surface area contributed by atoms with E-state index in [0.29, 0.717) is 16.8 Å². The Bertz CT molecular complexity index is 918. The maximum atomic E-state index is 13.6. The van der Waals surface area contributed by atoms with E-state index < -0.39 is 10.0 Å². The van der Waals surface area contributed by atoms with E-state index in [2.05, 4.69) is 10.1 Å². The molecule has 27 heavy (non-hydrogen) atoms. The summed E-state index contributed by atoms with van der Waals surface area (Å²) in [6, 6.07) is 8.75. The zero-order valence-corrected chi connectivity index (χ0v) is 16.3. The first-order valence-electron chi connectivity index (χ1n) is 10.1. The predicted molar refractivity (Wildman–Crippen MR) is 103 cm³/mol. The fourth-order valence-corrected chi connectivity index (χ4v) is 7.44. The molecule has 144 valence electrons. The molecule has 0 saturated heterocycles. The third-order valence-corrected chi connectivity index (χ3v) is 8.71. The molecule has 2 aromatic rings. The Morgan fingerprint density at radius 1 is 0.963 bits per heavy atom. The van der Waals surface area contributed by atoms with Crippen molar-refractivity contribution in [1.29, 1.82) is 0 Å². The lowest BCUT2D eigenvalue weighted by molar-refractivity contribution is 0.0389. The molecule has 5 rings (SSSR count). The van der Waals surface area contributed by atoms with Crippen LogP contribution in [0.1, 0.15) is 57.8 Å². The van der Waals surface area contributed by atoms with Crippen molar-refractivity contribution in [3.05, 3.63) is 36.7 Å². The highest BCUT2D eigenvalue weighted by Gasteiger charge is 2.56. The fourth-order valence-electron chi connectivity index (χ4n) is 5.76. The first-order valence-corrected chi connectivity index (χ1v) is 11.6. The minimum absolute atomic E-state index is 0.0150. The van der Waals surface area contributed by atoms with Gasteiger partial charge < -0.3 is 0 Å². The van der Waals surface area contributed by atoms with E-state index in [9.17, 15) is 8.42 Å². The molecule has 1 spiro atoms. The molecule has 2 aliphatic carbocycles. The number of rotatable bonds is 2. The average molecular weight is 387 g/mol. The van der Waals surface area contributed by atoms with Crippen LogP contribution in [0, 0.1) is 5.92 Å². The number of fused-ring (bicyclic) bond motifs is 4. The van der Waals surface area contributed by atoms with Crippen LogP contribution < -0.4 is 4.31 Å². The summed E-state index contributed by atoms with van der Waals surface area (Å²) in [6.07, 6.45) is 11.6. The summed E-state index contributed by atoms with van der Waals surface area (Å²) < 4.78 is 30.8. The molecule has 0 amide bonds. The quantitative estimate of drug-likeness (QED) is 0.789. The summed E-state index contributed by atoms with van der Waals surface area (Å²) >= 11 is 0. The van der Waals surface area contributed by atoms with Gasteiger partial charge in [-0.2, -0.15) is 10.1 Å². The van der Waals surface area contributed by atoms with Crippen molar-refractivity contribution in [1.82, 2.24) is 14.8 Å². The number of hydrogen-bond donors (Lipinski definition) is 0. The van der Waals surface area contributed by atoms with Gasteiger partial charge in [-0.15, -0.1) is 0 Å². The Balaban J connectivity index is 1.69. The molecule has 0 bridgehead atoms. The largest absolute Gasteiger partial charge is 0.266 e. The minimum atomic E-state index is -3.66. The molecule has 1 aromatic carbocycles. The van der Waals surface area contributed by atoms with Crippen LogP contribution in [-0.4, -0.2) is 29.2 Å². The normalized spacial score (nSPS) is 27.2. The fraction of sp³-hybridized carbons (Fsp3) is 0.600. The van der Waals surface area contributed by atoms with Gasteiger partial charge in [0, 0.05) is 5.92 Å². The van der Waals surface area contributed by atoms with E-state index in [1.807, 2.05) is 10.7 Å². The third kappa shape index (κ3) is 2.47. The molecule has 3 aliphatic rings. The zero-order chi connectivity index (χ0) is 18.5. The Morgan fingerprint density at radius 2 is 1.70 bits per heavy atom. The van der Waals surface area contributed by atoms with Crippen LogP contribution in [-0.2, 0) is 15.6 Å². The van der Waals surface area contributed by atoms with Gasteiger partial charge in [-0.1, -0.05) is 50.3 Å². The number of anilines is 1. The van der Waals surface area contributed by atoms with Crippen LogP contribution in [0.2, 0.25) is 0 Å². The third-order valence-electron chi connectivity index (χ3n) is 6.89. The highest BCUT2D eigenvalue weighted by molar-refractivity contribution is 7.92. The van der Waals surface area contributed by atoms with Crippen molar-refractivity contribution in [3.8, 4) is 0 Å². The predicted octanol–water partition coefficient (Wildman–Crippen LogP) is 3.71. The Hall–Kier alpha value is -1.89. The van der Waals surface area contributed by atoms with E-state index in [-0.39, 0.29) is 11.6 Å². The van der Waals surface area contributed by atoms with E-state index in [1.165, 1.54) is 32.0 Å². The monoisotopic (exact) mass is 386 g/mol. The second-order valence-electron chi connectivity index (χ2n) is 8.21. The summed E-state index contributed by atoms with van der Waals surface area (Å²) in [5.41, 5.74) is -0.0577. The zero-order valence-electron chi connectivity index (χ0n) is 15.5. The van der Waals surface area contributed by atoms with Crippen molar-refractivity contribution in [2.45, 2.75) is 74.3 Å². The van der Waals surface area contributed by atoms with E-state index >= 15 is 0 Å². The lowest BCUT2D eigenvalue weighted by Crippen LogP contribution is -2.61. The van der Waals surface area contributed by atoms with Crippen LogP contribution in [0.15, 0.2) is 41.6 Å². The van der Waals surface area contributed by atoms with Gasteiger partial charge in [0.25, 0.3) is 10.0 Å². The highest BCUT2D eigenvalue weighted by atomic mass is 32.2. The van der Waals surface area contributed by atoms with Gasteiger partial charge in [-0.3, -0.25) is 0 Å². The van der Waals surface area contributed by atoms with Crippen molar-refractivity contribution < 1.29 is 8.42 Å². The van der Waals surface area contributed by atoms with Gasteiger partial charge >= 0.3 is 0 Å². The number of nitrogens with zero attached hydrogens (tertiary/aromatic N) is 4. The second kappa shape index (κ2) is 6.33. The summed E-state index contributed by atoms with van der Waals surface area (Å²) in [5, 5.41) is 4.58. The first kappa shape index (κ1) is 17.2. The Morgan fingerprint density at radius 3 is 2.48 bits per heavy atom. The van der Waals surface area contributed by atoms with Gasteiger partial charge in [-0.25, -0.2) is 17.4 Å². The standard InChI is InChI=1S/C20H26N4O2S/c25-27(26,16-9-3-1-4-10-16)23-18-12-6-5-11-17(18)20(13-7-2-8-14-20)24-19(23)21-15-22-24/h1,3-4,9-10,15,17-18H,2,5-8,11-14H2. The SMILES string of the molecule is O=S(=O)(c1ccccc1)N1c2ncnn2C2(CCCCC2)C2CCCCC21. The molecule has 2 heterocycles. The van der Waals surface area contributed by atoms with Crippen molar-refractivity contribution in [2.24, 2.45) is 5.92 Å². The molecule has 7 heteroatoms. The number of hydrogen-bond acceptors (Lipinski definition) is 4. The number of sulfonamides is 1. The number of benzene rings is 1. The maximum Gasteiger partial charge on any atom is 0.266 e. The lowest BCUT2D eigenvalue weighted by Gasteiger charge is -2.55. The molecular weight excluding hydrogens is 360 g/mol. The van der Waals surface area contributed by atoms with Gasteiger partial charge in [-0.05, 0) is 37.8 Å². The van der Waals surface area contributed by atoms with Crippen molar-refractivity contribution in [2.75, 3.05) is 4.31 Å². The minimum Gasteiger partial charge on any atom is -0.230 e. The second-order valence-corrected chi connectivity index (χ2v) is 10.0. The van der Waals surface area contributed by atoms with Gasteiger partial charge in [0.2, 0.25) is 5.95 Å². The molecule has 2 saturated carbocycles. The Kier molecular flexibility index (Phi) is 4.04. The van der Waals surface area contributed by atoms with E-state index in [4.69, 9.17) is 0 Å². The van der Waals surface area contributed by atoms with E-state index in [0.717, 1.165) is 32.1 Å². The highest BCUT2D eigenvalue weighted by Crippen LogP contribution is 2.53. The van der Waals surface area contributed by atoms with Crippen LogP contribution in [0.4, 0.5) is 5.95 Å². The molecule has 2 unspecified atom stereocenters. The summed E-state index contributed by atoms with van der Waals surface area (Å²) in [5.74, 6) is 0.836. The lowest BCUT2D eigenvalue weighted by atomic mass is 9.64. The molecule has 2 atom stereocenters. The molecule has 2 fully saturated rings. The van der Waals surface area contributed by atoms with Crippen molar-refractivity contribution >= 4 is 16.0 Å². The summed E-state index contributed by atoms with van der Waals surface area (Å²) in [6.45, 7) is 0. The van der Waals surface area contributed by atoms with Gasteiger partial charge in [0.1, 0.15) is 6.33 Å². The van der Waals surface area contributed by atoms with Gasteiger partial charge in [0.05, 0.1) is 16.5 Å². The molecule has 1 aromatic heterocycles. The van der Waals surface area contributed by atoms with Crippen molar-refractivity contribution in [3.63, 3.8) is 0 Å². The van der Waals surface area contributed by atoms with E-state index in [1.54, 1.807) is 28.6 Å². The van der Waals surface area contributed by atoms with Crippen LogP contribution in [0.5, 0.6) is 0 Å². The molecule has 0 N–H and O–H groups in total. The maximum absolute atomic E-state index is 13.6. The Labute approximate surface area is 160 Å². The number of aromatic nitrogens is 3. The average Bonchev–Trinajstić information content (AvgIpc) is 3.20. The first-order chi connectivity index (χ1) is 13.1. The summed E-state index contributed by atoms with van der Waals surface area (Å²) in [7, 11) is -3.66. The molecule has 1 aliphatic heterocycles. The molecule has 6 nitrogen and oxygen atoms in total. The molecular formula is C20H26N4O2S. The van der Waals surface area contributed by atoms with Crippen LogP contribution in [0.3, 0.4) is 0 Å². The van der Waals surface area contributed by atoms with Crippen LogP contribution >= 0.6 is 0 Å². The summed E-state index contributed by atoms with van der Waals surface area (Å²) in [4.78, 5) is 4.81. The molecule has 0 radical (unpaired) electrons.